The van der Waals surface area contributed by atoms with Crippen molar-refractivity contribution in [3.05, 3.63) is 24.3 Å². The number of esters is 1. The normalized spacial score (nSPS) is 9.76. The van der Waals surface area contributed by atoms with Crippen molar-refractivity contribution in [1.29, 1.82) is 0 Å². The van der Waals surface area contributed by atoms with Gasteiger partial charge in [0.25, 0.3) is 0 Å². The Hall–Kier alpha value is -1.75. The molecule has 5 heteroatoms. The Kier molecular flexibility index (Phi) is 5.88. The highest BCUT2D eigenvalue weighted by Crippen LogP contribution is 2.15. The third-order valence-corrected chi connectivity index (χ3v) is 2.15. The van der Waals surface area contributed by atoms with Gasteiger partial charge in [0.2, 0.25) is 0 Å². The van der Waals surface area contributed by atoms with Gasteiger partial charge < -0.3 is 20.5 Å². The third kappa shape index (κ3) is 5.21. The van der Waals surface area contributed by atoms with Crippen LogP contribution in [0.25, 0.3) is 0 Å². The van der Waals surface area contributed by atoms with Gasteiger partial charge in [-0.1, -0.05) is 0 Å². The molecule has 3 N–H and O–H groups in total. The van der Waals surface area contributed by atoms with E-state index in [0.29, 0.717) is 12.3 Å². The number of nitrogens with two attached hydrogens (primary N) is 1. The molecule has 0 aliphatic heterocycles. The molecule has 0 atom stereocenters. The van der Waals surface area contributed by atoms with Crippen molar-refractivity contribution in [3.63, 3.8) is 0 Å². The van der Waals surface area contributed by atoms with E-state index >= 15 is 0 Å². The summed E-state index contributed by atoms with van der Waals surface area (Å²) in [6.07, 6.45) is 0.931. The summed E-state index contributed by atoms with van der Waals surface area (Å²) in [5.41, 5.74) is 6.40. The fraction of sp³-hybridized carbons (Fsp3) is 0.417. The van der Waals surface area contributed by atoms with E-state index in [1.54, 1.807) is 12.1 Å². The Morgan fingerprint density at radius 3 is 2.65 bits per heavy atom. The van der Waals surface area contributed by atoms with Crippen LogP contribution in [0.15, 0.2) is 24.3 Å². The van der Waals surface area contributed by atoms with Crippen LogP contribution in [0.2, 0.25) is 0 Å². The van der Waals surface area contributed by atoms with Crippen molar-refractivity contribution in [2.24, 2.45) is 5.73 Å². The first-order valence-electron chi connectivity index (χ1n) is 5.50. The second-order valence-corrected chi connectivity index (χ2v) is 3.46. The van der Waals surface area contributed by atoms with Gasteiger partial charge >= 0.3 is 5.97 Å². The molecule has 5 nitrogen and oxygen atoms in total. The first-order valence-corrected chi connectivity index (χ1v) is 5.50. The fourth-order valence-corrected chi connectivity index (χ4v) is 1.20. The van der Waals surface area contributed by atoms with Gasteiger partial charge in [-0.05, 0) is 37.2 Å². The van der Waals surface area contributed by atoms with Crippen LogP contribution < -0.4 is 15.8 Å². The Morgan fingerprint density at radius 1 is 1.35 bits per heavy atom. The van der Waals surface area contributed by atoms with Crippen LogP contribution in [-0.4, -0.2) is 32.8 Å². The maximum atomic E-state index is 10.9. The second-order valence-electron chi connectivity index (χ2n) is 3.46. The van der Waals surface area contributed by atoms with Crippen LogP contribution in [-0.2, 0) is 9.53 Å². The van der Waals surface area contributed by atoms with Crippen molar-refractivity contribution in [2.45, 2.75) is 6.42 Å². The molecule has 0 radical (unpaired) electrons. The van der Waals surface area contributed by atoms with Gasteiger partial charge in [0.05, 0.1) is 7.11 Å². The van der Waals surface area contributed by atoms with Crippen molar-refractivity contribution in [3.8, 4) is 5.75 Å². The number of hydrogen-bond acceptors (Lipinski definition) is 5. The molecule has 0 aromatic heterocycles. The van der Waals surface area contributed by atoms with Gasteiger partial charge in [-0.15, -0.1) is 0 Å². The van der Waals surface area contributed by atoms with E-state index in [-0.39, 0.29) is 6.61 Å². The summed E-state index contributed by atoms with van der Waals surface area (Å²) in [6, 6.07) is 7.38. The lowest BCUT2D eigenvalue weighted by Crippen LogP contribution is -2.12. The molecule has 0 heterocycles. The maximum Gasteiger partial charge on any atom is 0.343 e. The molecule has 0 spiro atoms. The molecule has 0 aliphatic carbocycles. The lowest BCUT2D eigenvalue weighted by molar-refractivity contribution is -0.142. The third-order valence-electron chi connectivity index (χ3n) is 2.15. The fourth-order valence-electron chi connectivity index (χ4n) is 1.20. The number of rotatable bonds is 7. The van der Waals surface area contributed by atoms with Gasteiger partial charge in [-0.3, -0.25) is 0 Å². The van der Waals surface area contributed by atoms with Crippen molar-refractivity contribution >= 4 is 11.7 Å². The number of carbonyl (C=O) groups is 1. The molecule has 0 unspecified atom stereocenters. The lowest BCUT2D eigenvalue weighted by Gasteiger charge is -2.07. The summed E-state index contributed by atoms with van der Waals surface area (Å²) in [6.45, 7) is 1.45. The Labute approximate surface area is 101 Å². The van der Waals surface area contributed by atoms with E-state index < -0.39 is 5.97 Å². The number of benzene rings is 1. The SMILES string of the molecule is COC(=O)COc1ccc(NCCCN)cc1. The van der Waals surface area contributed by atoms with Crippen molar-refractivity contribution in [2.75, 3.05) is 32.1 Å². The van der Waals surface area contributed by atoms with E-state index in [0.717, 1.165) is 18.7 Å². The van der Waals surface area contributed by atoms with Gasteiger partial charge in [0, 0.05) is 12.2 Å². The van der Waals surface area contributed by atoms with Crippen LogP contribution in [0.1, 0.15) is 6.42 Å². The van der Waals surface area contributed by atoms with Crippen molar-refractivity contribution < 1.29 is 14.3 Å². The van der Waals surface area contributed by atoms with E-state index in [4.69, 9.17) is 10.5 Å². The van der Waals surface area contributed by atoms with E-state index in [1.165, 1.54) is 7.11 Å². The van der Waals surface area contributed by atoms with Gasteiger partial charge in [-0.25, -0.2) is 4.79 Å². The minimum atomic E-state index is -0.393. The monoisotopic (exact) mass is 238 g/mol. The number of methoxy groups -OCH3 is 1. The minimum absolute atomic E-state index is 0.0730. The van der Waals surface area contributed by atoms with Crippen LogP contribution in [0.3, 0.4) is 0 Å². The Morgan fingerprint density at radius 2 is 2.06 bits per heavy atom. The summed E-state index contributed by atoms with van der Waals surface area (Å²) in [5, 5.41) is 3.22. The molecule has 1 rings (SSSR count). The molecule has 0 amide bonds. The zero-order valence-electron chi connectivity index (χ0n) is 9.94. The molecule has 0 saturated carbocycles. The number of ether oxygens (including phenoxy) is 2. The topological polar surface area (TPSA) is 73.6 Å². The average molecular weight is 238 g/mol. The number of anilines is 1. The number of hydrogen-bond donors (Lipinski definition) is 2. The van der Waals surface area contributed by atoms with Gasteiger partial charge in [0.15, 0.2) is 6.61 Å². The Balaban J connectivity index is 2.36. The molecular weight excluding hydrogens is 220 g/mol. The highest BCUT2D eigenvalue weighted by molar-refractivity contribution is 5.70. The number of nitrogens with one attached hydrogen (secondary N) is 1. The largest absolute Gasteiger partial charge is 0.482 e. The number of carbonyl (C=O) groups excluding carboxylic acids is 1. The Bertz CT molecular complexity index is 338. The van der Waals surface area contributed by atoms with E-state index in [9.17, 15) is 4.79 Å². The zero-order valence-corrected chi connectivity index (χ0v) is 9.94. The standard InChI is InChI=1S/C12H18N2O3/c1-16-12(15)9-17-11-5-3-10(4-6-11)14-8-2-7-13/h3-6,14H,2,7-9,13H2,1H3. The maximum absolute atomic E-state index is 10.9. The minimum Gasteiger partial charge on any atom is -0.482 e. The van der Waals surface area contributed by atoms with Crippen LogP contribution in [0.4, 0.5) is 5.69 Å². The molecule has 1 aromatic carbocycles. The average Bonchev–Trinajstić information content (AvgIpc) is 2.37. The second kappa shape index (κ2) is 7.51. The predicted octanol–water partition coefficient (Wildman–Crippen LogP) is 0.999. The first kappa shape index (κ1) is 13.3. The highest BCUT2D eigenvalue weighted by atomic mass is 16.6. The van der Waals surface area contributed by atoms with Crippen LogP contribution >= 0.6 is 0 Å². The summed E-state index contributed by atoms with van der Waals surface area (Å²) >= 11 is 0. The lowest BCUT2D eigenvalue weighted by atomic mass is 10.3. The summed E-state index contributed by atoms with van der Waals surface area (Å²) in [4.78, 5) is 10.9. The van der Waals surface area contributed by atoms with Gasteiger partial charge in [0.1, 0.15) is 5.75 Å². The predicted molar refractivity (Wildman–Crippen MR) is 66.1 cm³/mol. The summed E-state index contributed by atoms with van der Waals surface area (Å²) in [7, 11) is 1.33. The molecule has 1 aromatic rings. The van der Waals surface area contributed by atoms with Gasteiger partial charge in [-0.2, -0.15) is 0 Å². The molecule has 0 fully saturated rings. The first-order chi connectivity index (χ1) is 8.26. The molecule has 17 heavy (non-hydrogen) atoms. The zero-order chi connectivity index (χ0) is 12.5. The van der Waals surface area contributed by atoms with Crippen LogP contribution in [0.5, 0.6) is 5.75 Å². The van der Waals surface area contributed by atoms with E-state index in [1.807, 2.05) is 12.1 Å². The summed E-state index contributed by atoms with van der Waals surface area (Å²) < 4.78 is 9.69. The van der Waals surface area contributed by atoms with E-state index in [2.05, 4.69) is 10.1 Å². The molecule has 0 saturated heterocycles. The molecule has 0 aliphatic rings. The molecular formula is C12H18N2O3. The molecule has 0 bridgehead atoms. The highest BCUT2D eigenvalue weighted by Gasteiger charge is 2.01. The van der Waals surface area contributed by atoms with Crippen LogP contribution in [0, 0.1) is 0 Å². The quantitative estimate of drug-likeness (QED) is 0.547. The smallest absolute Gasteiger partial charge is 0.343 e. The molecule has 94 valence electrons. The van der Waals surface area contributed by atoms with Crippen molar-refractivity contribution in [1.82, 2.24) is 0 Å². The summed E-state index contributed by atoms with van der Waals surface area (Å²) in [5.74, 6) is 0.245.